The third kappa shape index (κ3) is 4.47. The van der Waals surface area contributed by atoms with E-state index in [1.807, 2.05) is 0 Å². The lowest BCUT2D eigenvalue weighted by atomic mass is 10.1. The minimum atomic E-state index is -3.91. The van der Waals surface area contributed by atoms with Crippen LogP contribution in [0.2, 0.25) is 0 Å². The fourth-order valence-electron chi connectivity index (χ4n) is 3.59. The maximum Gasteiger partial charge on any atom is 0.273 e. The molecule has 0 radical (unpaired) electrons. The standard InChI is InChI=1S/C21H21N5O6S/c1-14-3-8-18(13-19(14)26(28)29)33(30,31)25-11-9-24(10-12-25)21(27)17-6-4-16(5-7-17)20-22-15(2)32-23-20/h3-8,13H,9-12H2,1-2H3. The molecule has 2 aromatic carbocycles. The molecule has 11 nitrogen and oxygen atoms in total. The van der Waals surface area contributed by atoms with E-state index in [2.05, 4.69) is 10.1 Å². The Balaban J connectivity index is 1.43. The maximum atomic E-state index is 13.0. The second kappa shape index (κ2) is 8.71. The van der Waals surface area contributed by atoms with Gasteiger partial charge in [-0.05, 0) is 25.1 Å². The number of amides is 1. The second-order valence-corrected chi connectivity index (χ2v) is 9.55. The number of nitrogens with zero attached hydrogens (tertiary/aromatic N) is 5. The fraction of sp³-hybridized carbons (Fsp3) is 0.286. The van der Waals surface area contributed by atoms with Gasteiger partial charge >= 0.3 is 0 Å². The Morgan fingerprint density at radius 2 is 1.73 bits per heavy atom. The molecule has 1 aliphatic rings. The number of hydrogen-bond donors (Lipinski definition) is 0. The molecule has 0 unspecified atom stereocenters. The zero-order chi connectivity index (χ0) is 23.8. The average Bonchev–Trinajstić information content (AvgIpc) is 3.25. The number of nitro benzene ring substituents is 1. The van der Waals surface area contributed by atoms with Crippen LogP contribution in [0.5, 0.6) is 0 Å². The summed E-state index contributed by atoms with van der Waals surface area (Å²) in [6.07, 6.45) is 0. The summed E-state index contributed by atoms with van der Waals surface area (Å²) in [6, 6.07) is 10.6. The van der Waals surface area contributed by atoms with Crippen molar-refractivity contribution in [2.24, 2.45) is 0 Å². The molecular weight excluding hydrogens is 450 g/mol. The van der Waals surface area contributed by atoms with Gasteiger partial charge < -0.3 is 9.42 Å². The molecule has 0 saturated carbocycles. The van der Waals surface area contributed by atoms with Gasteiger partial charge in [-0.3, -0.25) is 14.9 Å². The SMILES string of the molecule is Cc1nc(-c2ccc(C(=O)N3CCN(S(=O)(=O)c4ccc(C)c([N+](=O)[O-])c4)CC3)cc2)no1. The van der Waals surface area contributed by atoms with E-state index in [0.717, 1.165) is 6.07 Å². The molecule has 4 rings (SSSR count). The van der Waals surface area contributed by atoms with E-state index in [1.54, 1.807) is 43.0 Å². The Morgan fingerprint density at radius 3 is 2.30 bits per heavy atom. The number of aryl methyl sites for hydroxylation is 2. The Kier molecular flexibility index (Phi) is 5.95. The number of rotatable bonds is 5. The van der Waals surface area contributed by atoms with Gasteiger partial charge in [-0.2, -0.15) is 9.29 Å². The van der Waals surface area contributed by atoms with Gasteiger partial charge in [-0.1, -0.05) is 23.4 Å². The van der Waals surface area contributed by atoms with E-state index in [9.17, 15) is 23.3 Å². The summed E-state index contributed by atoms with van der Waals surface area (Å²) >= 11 is 0. The summed E-state index contributed by atoms with van der Waals surface area (Å²) in [7, 11) is -3.91. The zero-order valence-electron chi connectivity index (χ0n) is 18.0. The predicted molar refractivity (Wildman–Crippen MR) is 117 cm³/mol. The molecule has 0 spiro atoms. The maximum absolute atomic E-state index is 13.0. The summed E-state index contributed by atoms with van der Waals surface area (Å²) < 4.78 is 32.2. The first-order valence-electron chi connectivity index (χ1n) is 10.1. The Morgan fingerprint density at radius 1 is 1.06 bits per heavy atom. The Bertz CT molecular complexity index is 1310. The lowest BCUT2D eigenvalue weighted by Gasteiger charge is -2.34. The number of nitro groups is 1. The van der Waals surface area contributed by atoms with Crippen LogP contribution in [0, 0.1) is 24.0 Å². The lowest BCUT2D eigenvalue weighted by Crippen LogP contribution is -2.50. The normalized spacial score (nSPS) is 14.9. The lowest BCUT2D eigenvalue weighted by molar-refractivity contribution is -0.385. The minimum absolute atomic E-state index is 0.0932. The highest BCUT2D eigenvalue weighted by molar-refractivity contribution is 7.89. The van der Waals surface area contributed by atoms with E-state index in [0.29, 0.717) is 28.4 Å². The Labute approximate surface area is 189 Å². The Hall–Kier alpha value is -3.64. The molecule has 12 heteroatoms. The number of carbonyl (C=O) groups is 1. The highest BCUT2D eigenvalue weighted by Gasteiger charge is 2.31. The highest BCUT2D eigenvalue weighted by atomic mass is 32.2. The molecule has 1 fully saturated rings. The third-order valence-corrected chi connectivity index (χ3v) is 7.35. The van der Waals surface area contributed by atoms with E-state index in [1.165, 1.54) is 16.4 Å². The quantitative estimate of drug-likeness (QED) is 0.408. The topological polar surface area (TPSA) is 140 Å². The summed E-state index contributed by atoms with van der Waals surface area (Å²) in [6.45, 7) is 3.84. The largest absolute Gasteiger partial charge is 0.339 e. The highest BCUT2D eigenvalue weighted by Crippen LogP contribution is 2.25. The smallest absolute Gasteiger partial charge is 0.273 e. The monoisotopic (exact) mass is 471 g/mol. The first-order valence-corrected chi connectivity index (χ1v) is 11.6. The first-order chi connectivity index (χ1) is 15.7. The summed E-state index contributed by atoms with van der Waals surface area (Å²) in [5, 5.41) is 15.0. The van der Waals surface area contributed by atoms with E-state index >= 15 is 0 Å². The molecule has 0 bridgehead atoms. The van der Waals surface area contributed by atoms with Gasteiger partial charge in [-0.15, -0.1) is 0 Å². The number of piperazine rings is 1. The van der Waals surface area contributed by atoms with Gasteiger partial charge in [0.25, 0.3) is 11.6 Å². The van der Waals surface area contributed by atoms with E-state index in [-0.39, 0.29) is 42.7 Å². The van der Waals surface area contributed by atoms with Crippen LogP contribution in [0.25, 0.3) is 11.4 Å². The summed E-state index contributed by atoms with van der Waals surface area (Å²) in [4.78, 5) is 29.0. The number of benzene rings is 2. The van der Waals surface area contributed by atoms with Crippen molar-refractivity contribution in [1.29, 1.82) is 0 Å². The molecule has 33 heavy (non-hydrogen) atoms. The van der Waals surface area contributed by atoms with Gasteiger partial charge in [0.15, 0.2) is 0 Å². The first kappa shape index (κ1) is 22.6. The van der Waals surface area contributed by atoms with E-state index < -0.39 is 14.9 Å². The number of hydrogen-bond acceptors (Lipinski definition) is 8. The van der Waals surface area contributed by atoms with Crippen molar-refractivity contribution in [1.82, 2.24) is 19.3 Å². The van der Waals surface area contributed by atoms with Crippen molar-refractivity contribution in [3.63, 3.8) is 0 Å². The second-order valence-electron chi connectivity index (χ2n) is 7.62. The van der Waals surface area contributed by atoms with Gasteiger partial charge in [-0.25, -0.2) is 8.42 Å². The third-order valence-electron chi connectivity index (χ3n) is 5.46. The van der Waals surface area contributed by atoms with Crippen LogP contribution in [0.15, 0.2) is 51.9 Å². The predicted octanol–water partition coefficient (Wildman–Crippen LogP) is 2.41. The zero-order valence-corrected chi connectivity index (χ0v) is 18.8. The van der Waals surface area contributed by atoms with Crippen LogP contribution in [0.1, 0.15) is 21.8 Å². The van der Waals surface area contributed by atoms with Crippen molar-refractivity contribution in [2.45, 2.75) is 18.7 Å². The van der Waals surface area contributed by atoms with Gasteiger partial charge in [0.1, 0.15) is 0 Å². The van der Waals surface area contributed by atoms with Crippen LogP contribution in [0.4, 0.5) is 5.69 Å². The molecule has 2 heterocycles. The number of carbonyl (C=O) groups excluding carboxylic acids is 1. The molecule has 0 N–H and O–H groups in total. The summed E-state index contributed by atoms with van der Waals surface area (Å²) in [5.41, 5.74) is 1.31. The van der Waals surface area contributed by atoms with Gasteiger partial charge in [0, 0.05) is 55.9 Å². The number of aromatic nitrogens is 2. The average molecular weight is 471 g/mol. The van der Waals surface area contributed by atoms with Crippen molar-refractivity contribution in [3.05, 3.63) is 69.6 Å². The van der Waals surface area contributed by atoms with Crippen LogP contribution >= 0.6 is 0 Å². The molecule has 0 aliphatic carbocycles. The van der Waals surface area contributed by atoms with E-state index in [4.69, 9.17) is 4.52 Å². The van der Waals surface area contributed by atoms with Gasteiger partial charge in [0.2, 0.25) is 21.7 Å². The minimum Gasteiger partial charge on any atom is -0.339 e. The summed E-state index contributed by atoms with van der Waals surface area (Å²) in [5.74, 6) is 0.661. The van der Waals surface area contributed by atoms with Gasteiger partial charge in [0.05, 0.1) is 9.82 Å². The molecule has 1 aliphatic heterocycles. The molecule has 1 saturated heterocycles. The van der Waals surface area contributed by atoms with Crippen LogP contribution in [-0.4, -0.2) is 64.8 Å². The van der Waals surface area contributed by atoms with Crippen molar-refractivity contribution >= 4 is 21.6 Å². The molecule has 1 amide bonds. The fourth-order valence-corrected chi connectivity index (χ4v) is 5.03. The van der Waals surface area contributed by atoms with Crippen molar-refractivity contribution in [3.8, 4) is 11.4 Å². The van der Waals surface area contributed by atoms with Crippen LogP contribution in [-0.2, 0) is 10.0 Å². The molecular formula is C21H21N5O6S. The molecule has 1 aromatic heterocycles. The van der Waals surface area contributed by atoms with Crippen molar-refractivity contribution < 1.29 is 22.7 Å². The molecule has 3 aromatic rings. The van der Waals surface area contributed by atoms with Crippen LogP contribution < -0.4 is 0 Å². The van der Waals surface area contributed by atoms with Crippen molar-refractivity contribution in [2.75, 3.05) is 26.2 Å². The number of sulfonamides is 1. The van der Waals surface area contributed by atoms with Crippen LogP contribution in [0.3, 0.4) is 0 Å². The molecule has 172 valence electrons. The molecule has 0 atom stereocenters.